The smallest absolute Gasteiger partial charge is 0.251 e. The average molecular weight is 441 g/mol. The SMILES string of the molecule is Cc1ccc(S(=O)(=O)N2CCCCC2)cc1C(=O)NCCn1c(C)nc2ccccc21. The molecule has 0 spiro atoms. The first-order valence-electron chi connectivity index (χ1n) is 10.7. The quantitative estimate of drug-likeness (QED) is 0.638. The molecule has 31 heavy (non-hydrogen) atoms. The van der Waals surface area contributed by atoms with Crippen LogP contribution in [-0.2, 0) is 16.6 Å². The number of sulfonamides is 1. The maximum atomic E-state index is 13.0. The van der Waals surface area contributed by atoms with E-state index in [4.69, 9.17) is 0 Å². The summed E-state index contributed by atoms with van der Waals surface area (Å²) in [6.07, 6.45) is 2.81. The van der Waals surface area contributed by atoms with Gasteiger partial charge in [0, 0.05) is 31.7 Å². The molecule has 1 saturated heterocycles. The summed E-state index contributed by atoms with van der Waals surface area (Å²) in [4.78, 5) is 17.6. The Bertz CT molecular complexity index is 1210. The second-order valence-corrected chi connectivity index (χ2v) is 9.93. The third-order valence-electron chi connectivity index (χ3n) is 5.87. The van der Waals surface area contributed by atoms with Gasteiger partial charge in [-0.3, -0.25) is 4.79 Å². The van der Waals surface area contributed by atoms with Gasteiger partial charge in [-0.05, 0) is 56.5 Å². The summed E-state index contributed by atoms with van der Waals surface area (Å²) in [5.74, 6) is 0.622. The molecule has 1 aromatic heterocycles. The lowest BCUT2D eigenvalue weighted by molar-refractivity contribution is 0.0951. The number of aryl methyl sites for hydroxylation is 2. The van der Waals surface area contributed by atoms with E-state index in [2.05, 4.69) is 14.9 Å². The van der Waals surface area contributed by atoms with Crippen LogP contribution in [0.2, 0.25) is 0 Å². The van der Waals surface area contributed by atoms with Gasteiger partial charge in [-0.25, -0.2) is 13.4 Å². The zero-order valence-corrected chi connectivity index (χ0v) is 18.8. The van der Waals surface area contributed by atoms with Crippen molar-refractivity contribution in [1.29, 1.82) is 0 Å². The summed E-state index contributed by atoms with van der Waals surface area (Å²) < 4.78 is 29.6. The third kappa shape index (κ3) is 4.36. The lowest BCUT2D eigenvalue weighted by Crippen LogP contribution is -2.36. The van der Waals surface area contributed by atoms with Crippen molar-refractivity contribution in [3.63, 3.8) is 0 Å². The van der Waals surface area contributed by atoms with Crippen LogP contribution in [0, 0.1) is 13.8 Å². The van der Waals surface area contributed by atoms with Gasteiger partial charge in [0.15, 0.2) is 0 Å². The Morgan fingerprint density at radius 1 is 1.06 bits per heavy atom. The Morgan fingerprint density at radius 3 is 2.58 bits per heavy atom. The van der Waals surface area contributed by atoms with Gasteiger partial charge in [0.2, 0.25) is 10.0 Å². The number of rotatable bonds is 6. The highest BCUT2D eigenvalue weighted by molar-refractivity contribution is 7.89. The number of fused-ring (bicyclic) bond motifs is 1. The topological polar surface area (TPSA) is 84.3 Å². The number of aromatic nitrogens is 2. The molecule has 1 N–H and O–H groups in total. The van der Waals surface area contributed by atoms with Crippen molar-refractivity contribution < 1.29 is 13.2 Å². The summed E-state index contributed by atoms with van der Waals surface area (Å²) in [6.45, 7) is 5.85. The third-order valence-corrected chi connectivity index (χ3v) is 7.77. The van der Waals surface area contributed by atoms with Crippen LogP contribution in [0.15, 0.2) is 47.4 Å². The molecule has 0 bridgehead atoms. The molecule has 0 atom stereocenters. The summed E-state index contributed by atoms with van der Waals surface area (Å²) in [6, 6.07) is 12.7. The Balaban J connectivity index is 1.48. The van der Waals surface area contributed by atoms with E-state index in [1.165, 1.54) is 10.4 Å². The first-order chi connectivity index (χ1) is 14.9. The molecule has 164 valence electrons. The molecule has 0 unspecified atom stereocenters. The number of piperidine rings is 1. The summed E-state index contributed by atoms with van der Waals surface area (Å²) >= 11 is 0. The van der Waals surface area contributed by atoms with Crippen LogP contribution < -0.4 is 5.32 Å². The van der Waals surface area contributed by atoms with Gasteiger partial charge in [-0.15, -0.1) is 0 Å². The second-order valence-electron chi connectivity index (χ2n) is 8.00. The van der Waals surface area contributed by atoms with Crippen molar-refractivity contribution in [2.24, 2.45) is 0 Å². The number of para-hydroxylation sites is 2. The minimum Gasteiger partial charge on any atom is -0.350 e. The maximum Gasteiger partial charge on any atom is 0.251 e. The van der Waals surface area contributed by atoms with Crippen LogP contribution in [0.1, 0.15) is 41.0 Å². The zero-order valence-electron chi connectivity index (χ0n) is 18.0. The fourth-order valence-electron chi connectivity index (χ4n) is 4.12. The molecule has 2 heterocycles. The number of hydrogen-bond acceptors (Lipinski definition) is 4. The predicted molar refractivity (Wildman–Crippen MR) is 121 cm³/mol. The number of nitrogens with zero attached hydrogens (tertiary/aromatic N) is 3. The number of amides is 1. The molecule has 2 aromatic carbocycles. The van der Waals surface area contributed by atoms with Crippen LogP contribution in [-0.4, -0.2) is 47.8 Å². The van der Waals surface area contributed by atoms with Crippen LogP contribution in [0.3, 0.4) is 0 Å². The average Bonchev–Trinajstić information content (AvgIpc) is 3.09. The molecule has 0 aliphatic carbocycles. The Hall–Kier alpha value is -2.71. The van der Waals surface area contributed by atoms with Gasteiger partial charge in [0.05, 0.1) is 15.9 Å². The van der Waals surface area contributed by atoms with Crippen LogP contribution in [0.4, 0.5) is 0 Å². The molecular formula is C23H28N4O3S. The Labute approximate surface area is 183 Å². The van der Waals surface area contributed by atoms with Gasteiger partial charge in [-0.2, -0.15) is 4.31 Å². The molecule has 8 heteroatoms. The molecule has 1 fully saturated rings. The number of nitrogens with one attached hydrogen (secondary N) is 1. The van der Waals surface area contributed by atoms with Gasteiger partial charge in [-0.1, -0.05) is 24.6 Å². The number of hydrogen-bond donors (Lipinski definition) is 1. The van der Waals surface area contributed by atoms with Crippen molar-refractivity contribution in [2.45, 2.75) is 44.6 Å². The zero-order chi connectivity index (χ0) is 22.0. The Morgan fingerprint density at radius 2 is 1.81 bits per heavy atom. The maximum absolute atomic E-state index is 13.0. The molecule has 3 aromatic rings. The summed E-state index contributed by atoms with van der Waals surface area (Å²) in [5.41, 5.74) is 3.10. The molecular weight excluding hydrogens is 412 g/mol. The summed E-state index contributed by atoms with van der Waals surface area (Å²) in [7, 11) is -3.58. The van der Waals surface area contributed by atoms with E-state index in [1.807, 2.05) is 38.1 Å². The number of carbonyl (C=O) groups excluding carboxylic acids is 1. The molecule has 0 radical (unpaired) electrons. The number of benzene rings is 2. The molecule has 4 rings (SSSR count). The highest BCUT2D eigenvalue weighted by Gasteiger charge is 2.27. The van der Waals surface area contributed by atoms with Crippen LogP contribution in [0.5, 0.6) is 0 Å². The van der Waals surface area contributed by atoms with Gasteiger partial charge in [0.25, 0.3) is 5.91 Å². The number of carbonyl (C=O) groups is 1. The second kappa shape index (κ2) is 8.80. The van der Waals surface area contributed by atoms with Crippen molar-refractivity contribution in [2.75, 3.05) is 19.6 Å². The molecule has 1 aliphatic heterocycles. The normalized spacial score (nSPS) is 15.3. The summed E-state index contributed by atoms with van der Waals surface area (Å²) in [5, 5.41) is 2.93. The van der Waals surface area contributed by atoms with Crippen molar-refractivity contribution >= 4 is 27.0 Å². The predicted octanol–water partition coefficient (Wildman–Crippen LogP) is 3.26. The standard InChI is InChI=1S/C23H28N4O3S/c1-17-10-11-19(31(29,30)26-13-6-3-7-14-26)16-20(17)23(28)24-12-15-27-18(2)25-21-8-4-5-9-22(21)27/h4-5,8-11,16H,3,6-7,12-15H2,1-2H3,(H,24,28). The molecule has 0 saturated carbocycles. The minimum absolute atomic E-state index is 0.182. The van der Waals surface area contributed by atoms with E-state index >= 15 is 0 Å². The van der Waals surface area contributed by atoms with Crippen molar-refractivity contribution in [1.82, 2.24) is 19.2 Å². The molecule has 1 aliphatic rings. The number of imidazole rings is 1. The molecule has 7 nitrogen and oxygen atoms in total. The van der Waals surface area contributed by atoms with E-state index < -0.39 is 10.0 Å². The van der Waals surface area contributed by atoms with Gasteiger partial charge < -0.3 is 9.88 Å². The fourth-order valence-corrected chi connectivity index (χ4v) is 5.66. The van der Waals surface area contributed by atoms with E-state index in [1.54, 1.807) is 12.1 Å². The highest BCUT2D eigenvalue weighted by Crippen LogP contribution is 2.23. The van der Waals surface area contributed by atoms with Gasteiger partial charge >= 0.3 is 0 Å². The molecule has 1 amide bonds. The fraction of sp³-hybridized carbons (Fsp3) is 0.391. The largest absolute Gasteiger partial charge is 0.350 e. The first kappa shape index (κ1) is 21.5. The van der Waals surface area contributed by atoms with E-state index in [-0.39, 0.29) is 10.8 Å². The lowest BCUT2D eigenvalue weighted by Gasteiger charge is -2.26. The van der Waals surface area contributed by atoms with Gasteiger partial charge in [0.1, 0.15) is 5.82 Å². The monoisotopic (exact) mass is 440 g/mol. The van der Waals surface area contributed by atoms with Crippen molar-refractivity contribution in [3.8, 4) is 0 Å². The highest BCUT2D eigenvalue weighted by atomic mass is 32.2. The van der Waals surface area contributed by atoms with Crippen LogP contribution >= 0.6 is 0 Å². The van der Waals surface area contributed by atoms with Crippen LogP contribution in [0.25, 0.3) is 11.0 Å². The van der Waals surface area contributed by atoms with E-state index in [0.29, 0.717) is 31.7 Å². The van der Waals surface area contributed by atoms with Crippen molar-refractivity contribution in [3.05, 3.63) is 59.4 Å². The first-order valence-corrected chi connectivity index (χ1v) is 12.1. The van der Waals surface area contributed by atoms with E-state index in [0.717, 1.165) is 41.7 Å². The van der Waals surface area contributed by atoms with E-state index in [9.17, 15) is 13.2 Å². The lowest BCUT2D eigenvalue weighted by atomic mass is 10.1. The minimum atomic E-state index is -3.58. The Kier molecular flexibility index (Phi) is 6.11.